The Morgan fingerprint density at radius 3 is 2.74 bits per heavy atom. The maximum Gasteiger partial charge on any atom is 0.408 e. The fourth-order valence-corrected chi connectivity index (χ4v) is 2.17. The van der Waals surface area contributed by atoms with Crippen molar-refractivity contribution in [1.82, 2.24) is 10.6 Å². The molecule has 124 valence electrons. The molecule has 0 aromatic heterocycles. The Bertz CT molecular complexity index is 562. The van der Waals surface area contributed by atoms with E-state index in [2.05, 4.69) is 10.6 Å². The van der Waals surface area contributed by atoms with Crippen molar-refractivity contribution in [3.05, 3.63) is 35.9 Å². The van der Waals surface area contributed by atoms with Gasteiger partial charge >= 0.3 is 18.2 Å². The van der Waals surface area contributed by atoms with Gasteiger partial charge in [-0.1, -0.05) is 30.3 Å². The summed E-state index contributed by atoms with van der Waals surface area (Å²) in [6.07, 6.45) is -1.23. The average molecular weight is 322 g/mol. The zero-order valence-electron chi connectivity index (χ0n) is 12.4. The normalized spacial score (nSPS) is 19.6. The van der Waals surface area contributed by atoms with E-state index in [1.165, 1.54) is 0 Å². The highest BCUT2D eigenvalue weighted by atomic mass is 16.6. The molecule has 1 fully saturated rings. The van der Waals surface area contributed by atoms with E-state index in [1.54, 1.807) is 0 Å². The number of hydrogen-bond acceptors (Lipinski definition) is 5. The molecule has 2 amide bonds. The molecule has 1 aromatic rings. The molecule has 1 saturated heterocycles. The smallest absolute Gasteiger partial charge is 0.408 e. The van der Waals surface area contributed by atoms with Gasteiger partial charge in [0, 0.05) is 6.54 Å². The van der Waals surface area contributed by atoms with Gasteiger partial charge in [0.1, 0.15) is 12.7 Å². The monoisotopic (exact) mass is 322 g/mol. The number of alkyl carbamates (subject to hydrolysis) is 2. The fraction of sp³-hybridized carbons (Fsp3) is 0.400. The van der Waals surface area contributed by atoms with Crippen LogP contribution in [0, 0.1) is 0 Å². The molecule has 1 aromatic carbocycles. The lowest BCUT2D eigenvalue weighted by Gasteiger charge is -2.13. The number of ether oxygens (including phenoxy) is 2. The van der Waals surface area contributed by atoms with Crippen LogP contribution in [0.15, 0.2) is 30.3 Å². The van der Waals surface area contributed by atoms with Crippen molar-refractivity contribution in [2.75, 3.05) is 6.54 Å². The SMILES string of the molecule is O=C(NCCC[C@@H]1OC(=O)N[C@@H]1C(=O)O)OCc1ccccc1. The summed E-state index contributed by atoms with van der Waals surface area (Å²) in [5.41, 5.74) is 0.885. The van der Waals surface area contributed by atoms with Gasteiger partial charge in [0.15, 0.2) is 6.04 Å². The van der Waals surface area contributed by atoms with Crippen molar-refractivity contribution in [1.29, 1.82) is 0 Å². The van der Waals surface area contributed by atoms with E-state index >= 15 is 0 Å². The second kappa shape index (κ2) is 8.02. The Hall–Kier alpha value is -2.77. The van der Waals surface area contributed by atoms with Gasteiger partial charge in [-0.2, -0.15) is 0 Å². The number of carboxylic acids is 1. The lowest BCUT2D eigenvalue weighted by molar-refractivity contribution is -0.140. The van der Waals surface area contributed by atoms with Crippen LogP contribution in [0.5, 0.6) is 0 Å². The first-order valence-electron chi connectivity index (χ1n) is 7.21. The highest BCUT2D eigenvalue weighted by Gasteiger charge is 2.38. The minimum Gasteiger partial charge on any atom is -0.480 e. The zero-order valence-corrected chi connectivity index (χ0v) is 12.4. The van der Waals surface area contributed by atoms with Gasteiger partial charge in [0.05, 0.1) is 0 Å². The van der Waals surface area contributed by atoms with E-state index in [9.17, 15) is 14.4 Å². The molecule has 3 N–H and O–H groups in total. The van der Waals surface area contributed by atoms with Gasteiger partial charge in [0.25, 0.3) is 0 Å². The summed E-state index contributed by atoms with van der Waals surface area (Å²) >= 11 is 0. The second-order valence-electron chi connectivity index (χ2n) is 5.03. The quantitative estimate of drug-likeness (QED) is 0.651. The Morgan fingerprint density at radius 1 is 1.30 bits per heavy atom. The number of aliphatic carboxylic acids is 1. The van der Waals surface area contributed by atoms with Gasteiger partial charge in [-0.3, -0.25) is 0 Å². The van der Waals surface area contributed by atoms with Crippen molar-refractivity contribution >= 4 is 18.2 Å². The fourth-order valence-electron chi connectivity index (χ4n) is 2.17. The molecule has 0 aliphatic carbocycles. The van der Waals surface area contributed by atoms with Crippen molar-refractivity contribution in [3.63, 3.8) is 0 Å². The summed E-state index contributed by atoms with van der Waals surface area (Å²) in [6.45, 7) is 0.478. The van der Waals surface area contributed by atoms with Crippen molar-refractivity contribution < 1.29 is 29.0 Å². The molecular weight excluding hydrogens is 304 g/mol. The summed E-state index contributed by atoms with van der Waals surface area (Å²) in [7, 11) is 0. The molecular formula is C15H18N2O6. The number of benzene rings is 1. The van der Waals surface area contributed by atoms with Gasteiger partial charge in [-0.05, 0) is 18.4 Å². The standard InChI is InChI=1S/C15H18N2O6/c18-13(19)12-11(23-15(21)17-12)7-4-8-16-14(20)22-9-10-5-2-1-3-6-10/h1-3,5-6,11-12H,4,7-9H2,(H,16,20)(H,17,21)(H,18,19)/t11-,12-/m0/s1. The molecule has 23 heavy (non-hydrogen) atoms. The van der Waals surface area contributed by atoms with E-state index in [1.807, 2.05) is 30.3 Å². The highest BCUT2D eigenvalue weighted by molar-refractivity contribution is 5.83. The van der Waals surface area contributed by atoms with E-state index < -0.39 is 30.3 Å². The molecule has 1 heterocycles. The summed E-state index contributed by atoms with van der Waals surface area (Å²) in [6, 6.07) is 8.23. The van der Waals surface area contributed by atoms with E-state index in [0.29, 0.717) is 19.4 Å². The highest BCUT2D eigenvalue weighted by Crippen LogP contribution is 2.14. The minimum atomic E-state index is -1.14. The summed E-state index contributed by atoms with van der Waals surface area (Å²) < 4.78 is 9.91. The molecule has 2 atom stereocenters. The third-order valence-electron chi connectivity index (χ3n) is 3.32. The number of cyclic esters (lactones) is 1. The topological polar surface area (TPSA) is 114 Å². The van der Waals surface area contributed by atoms with Gasteiger partial charge in [0.2, 0.25) is 0 Å². The molecule has 8 nitrogen and oxygen atoms in total. The van der Waals surface area contributed by atoms with Crippen molar-refractivity contribution in [3.8, 4) is 0 Å². The molecule has 1 aliphatic rings. The lowest BCUT2D eigenvalue weighted by atomic mass is 10.1. The van der Waals surface area contributed by atoms with E-state index in [-0.39, 0.29) is 6.61 Å². The molecule has 0 bridgehead atoms. The van der Waals surface area contributed by atoms with Crippen LogP contribution in [0.2, 0.25) is 0 Å². The van der Waals surface area contributed by atoms with Crippen LogP contribution in [0.3, 0.4) is 0 Å². The van der Waals surface area contributed by atoms with Crippen LogP contribution >= 0.6 is 0 Å². The second-order valence-corrected chi connectivity index (χ2v) is 5.03. The molecule has 1 aliphatic heterocycles. The van der Waals surface area contributed by atoms with Crippen LogP contribution in [0.4, 0.5) is 9.59 Å². The molecule has 0 spiro atoms. The number of rotatable bonds is 7. The number of amides is 2. The molecule has 2 rings (SSSR count). The Labute approximate surface area is 132 Å². The Kier molecular flexibility index (Phi) is 5.79. The number of carboxylic acid groups (broad SMARTS) is 1. The Balaban J connectivity index is 1.62. The van der Waals surface area contributed by atoms with E-state index in [4.69, 9.17) is 14.6 Å². The van der Waals surface area contributed by atoms with Crippen molar-refractivity contribution in [2.24, 2.45) is 0 Å². The van der Waals surface area contributed by atoms with Crippen LogP contribution in [0.25, 0.3) is 0 Å². The molecule has 8 heteroatoms. The first-order valence-corrected chi connectivity index (χ1v) is 7.21. The third kappa shape index (κ3) is 5.17. The Morgan fingerprint density at radius 2 is 2.04 bits per heavy atom. The largest absolute Gasteiger partial charge is 0.480 e. The van der Waals surface area contributed by atoms with Crippen LogP contribution < -0.4 is 10.6 Å². The number of carbonyl (C=O) groups is 3. The van der Waals surface area contributed by atoms with Gasteiger partial charge in [-0.25, -0.2) is 14.4 Å². The summed E-state index contributed by atoms with van der Waals surface area (Å²) in [4.78, 5) is 33.5. The van der Waals surface area contributed by atoms with E-state index in [0.717, 1.165) is 5.56 Å². The average Bonchev–Trinajstić information content (AvgIpc) is 2.92. The maximum atomic E-state index is 11.5. The first-order chi connectivity index (χ1) is 11.1. The summed E-state index contributed by atoms with van der Waals surface area (Å²) in [5, 5.41) is 13.7. The molecule has 0 radical (unpaired) electrons. The third-order valence-corrected chi connectivity index (χ3v) is 3.32. The maximum absolute atomic E-state index is 11.5. The van der Waals surface area contributed by atoms with Crippen LogP contribution in [0.1, 0.15) is 18.4 Å². The number of hydrogen-bond donors (Lipinski definition) is 3. The van der Waals surface area contributed by atoms with Crippen molar-refractivity contribution in [2.45, 2.75) is 31.6 Å². The lowest BCUT2D eigenvalue weighted by Crippen LogP contribution is -2.39. The number of carbonyl (C=O) groups excluding carboxylic acids is 2. The van der Waals surface area contributed by atoms with Crippen LogP contribution in [-0.4, -0.2) is 42.0 Å². The summed E-state index contributed by atoms with van der Waals surface area (Å²) in [5.74, 6) is -1.14. The molecule has 0 unspecified atom stereocenters. The predicted molar refractivity (Wildman–Crippen MR) is 78.7 cm³/mol. The predicted octanol–water partition coefficient (Wildman–Crippen LogP) is 1.25. The van der Waals surface area contributed by atoms with Crippen LogP contribution in [-0.2, 0) is 20.9 Å². The number of nitrogens with one attached hydrogen (secondary N) is 2. The van der Waals surface area contributed by atoms with Gasteiger partial charge < -0.3 is 25.2 Å². The minimum absolute atomic E-state index is 0.178. The van der Waals surface area contributed by atoms with Gasteiger partial charge in [-0.15, -0.1) is 0 Å². The molecule has 0 saturated carbocycles. The zero-order chi connectivity index (χ0) is 16.7. The first kappa shape index (κ1) is 16.6.